The first-order valence-corrected chi connectivity index (χ1v) is 5.36. The second kappa shape index (κ2) is 4.22. The fourth-order valence-electron chi connectivity index (χ4n) is 1.65. The summed E-state index contributed by atoms with van der Waals surface area (Å²) in [6, 6.07) is 17.5. The van der Waals surface area contributed by atoms with Crippen molar-refractivity contribution in [1.29, 1.82) is 0 Å². The molecule has 3 rings (SSSR count). The number of hydrogen-bond acceptors (Lipinski definition) is 3. The molecule has 0 saturated heterocycles. The van der Waals surface area contributed by atoms with Crippen molar-refractivity contribution >= 4 is 0 Å². The molecule has 0 spiro atoms. The maximum atomic E-state index is 5.26. The van der Waals surface area contributed by atoms with Crippen molar-refractivity contribution in [3.8, 4) is 22.7 Å². The summed E-state index contributed by atoms with van der Waals surface area (Å²) in [4.78, 5) is 0. The molecule has 3 heteroatoms. The Morgan fingerprint density at radius 3 is 2.12 bits per heavy atom. The van der Waals surface area contributed by atoms with E-state index in [4.69, 9.17) is 4.42 Å². The maximum absolute atomic E-state index is 5.26. The number of furan rings is 1. The Hall–Kier alpha value is -2.42. The Balaban J connectivity index is 1.96. The topological polar surface area (TPSA) is 38.9 Å². The predicted molar refractivity (Wildman–Crippen MR) is 65.2 cm³/mol. The van der Waals surface area contributed by atoms with Crippen molar-refractivity contribution in [2.24, 2.45) is 0 Å². The zero-order valence-corrected chi connectivity index (χ0v) is 9.08. The van der Waals surface area contributed by atoms with Crippen LogP contribution in [-0.2, 0) is 0 Å². The first-order chi connectivity index (χ1) is 8.43. The van der Waals surface area contributed by atoms with Gasteiger partial charge < -0.3 is 4.42 Å². The van der Waals surface area contributed by atoms with Gasteiger partial charge in [-0.2, -0.15) is 0 Å². The molecular formula is C14H10N2O. The molecule has 0 aliphatic rings. The predicted octanol–water partition coefficient (Wildman–Crippen LogP) is 3.40. The molecule has 3 aromatic rings. The van der Waals surface area contributed by atoms with Crippen LogP contribution < -0.4 is 0 Å². The van der Waals surface area contributed by atoms with Gasteiger partial charge in [0.2, 0.25) is 0 Å². The summed E-state index contributed by atoms with van der Waals surface area (Å²) in [6.45, 7) is 0. The highest BCUT2D eigenvalue weighted by molar-refractivity contribution is 5.60. The van der Waals surface area contributed by atoms with Crippen LogP contribution in [0.25, 0.3) is 22.7 Å². The molecule has 17 heavy (non-hydrogen) atoms. The Bertz CT molecular complexity index is 586. The van der Waals surface area contributed by atoms with Gasteiger partial charge >= 0.3 is 0 Å². The van der Waals surface area contributed by atoms with Gasteiger partial charge in [0.1, 0.15) is 5.69 Å². The third-order valence-electron chi connectivity index (χ3n) is 2.51. The third-order valence-corrected chi connectivity index (χ3v) is 2.51. The van der Waals surface area contributed by atoms with Crippen LogP contribution in [0.4, 0.5) is 0 Å². The summed E-state index contributed by atoms with van der Waals surface area (Å²) in [5.41, 5.74) is 2.67. The van der Waals surface area contributed by atoms with Crippen molar-refractivity contribution in [3.63, 3.8) is 0 Å². The molecule has 0 amide bonds. The highest BCUT2D eigenvalue weighted by Gasteiger charge is 2.04. The van der Waals surface area contributed by atoms with E-state index in [0.717, 1.165) is 22.7 Å². The minimum absolute atomic E-state index is 0.733. The normalized spacial score (nSPS) is 10.4. The van der Waals surface area contributed by atoms with Crippen molar-refractivity contribution in [3.05, 3.63) is 60.9 Å². The highest BCUT2D eigenvalue weighted by atomic mass is 16.3. The molecular weight excluding hydrogens is 212 g/mol. The lowest BCUT2D eigenvalue weighted by Gasteiger charge is -2.00. The standard InChI is InChI=1S/C14H10N2O/c1-2-5-11(6-3-1)12-8-9-13(16-15-12)14-7-4-10-17-14/h1-10H. The molecule has 0 bridgehead atoms. The molecule has 2 heterocycles. The maximum Gasteiger partial charge on any atom is 0.154 e. The molecule has 0 unspecified atom stereocenters. The monoisotopic (exact) mass is 222 g/mol. The van der Waals surface area contributed by atoms with Gasteiger partial charge in [-0.05, 0) is 24.3 Å². The molecule has 3 nitrogen and oxygen atoms in total. The quantitative estimate of drug-likeness (QED) is 0.667. The lowest BCUT2D eigenvalue weighted by atomic mass is 10.1. The Kier molecular flexibility index (Phi) is 2.43. The van der Waals surface area contributed by atoms with Gasteiger partial charge in [-0.1, -0.05) is 30.3 Å². The number of aromatic nitrogens is 2. The average Bonchev–Trinajstić information content (AvgIpc) is 2.94. The summed E-state index contributed by atoms with van der Waals surface area (Å²) in [5.74, 6) is 0.733. The third kappa shape index (κ3) is 1.95. The Labute approximate surface area is 98.7 Å². The van der Waals surface area contributed by atoms with Crippen molar-refractivity contribution < 1.29 is 4.42 Å². The van der Waals surface area contributed by atoms with Crippen LogP contribution in [0.2, 0.25) is 0 Å². The van der Waals surface area contributed by atoms with Crippen molar-refractivity contribution in [2.45, 2.75) is 0 Å². The summed E-state index contributed by atoms with van der Waals surface area (Å²) in [6.07, 6.45) is 1.63. The molecule has 0 fully saturated rings. The number of rotatable bonds is 2. The van der Waals surface area contributed by atoms with Crippen LogP contribution in [-0.4, -0.2) is 10.2 Å². The second-order valence-corrected chi connectivity index (χ2v) is 3.65. The van der Waals surface area contributed by atoms with Crippen LogP contribution in [0.5, 0.6) is 0 Å². The van der Waals surface area contributed by atoms with Gasteiger partial charge in [-0.3, -0.25) is 0 Å². The number of nitrogens with zero attached hydrogens (tertiary/aromatic N) is 2. The van der Waals surface area contributed by atoms with Crippen molar-refractivity contribution in [2.75, 3.05) is 0 Å². The lowest BCUT2D eigenvalue weighted by molar-refractivity contribution is 0.579. The zero-order valence-electron chi connectivity index (χ0n) is 9.08. The van der Waals surface area contributed by atoms with Gasteiger partial charge in [-0.15, -0.1) is 10.2 Å². The fraction of sp³-hybridized carbons (Fsp3) is 0. The summed E-state index contributed by atoms with van der Waals surface area (Å²) in [5, 5.41) is 8.35. The number of benzene rings is 1. The SMILES string of the molecule is c1ccc(-c2ccc(-c3ccco3)nn2)cc1. The molecule has 0 N–H and O–H groups in total. The minimum Gasteiger partial charge on any atom is -0.463 e. The van der Waals surface area contributed by atoms with Crippen LogP contribution in [0.1, 0.15) is 0 Å². The second-order valence-electron chi connectivity index (χ2n) is 3.65. The highest BCUT2D eigenvalue weighted by Crippen LogP contribution is 2.20. The van der Waals surface area contributed by atoms with E-state index in [1.165, 1.54) is 0 Å². The van der Waals surface area contributed by atoms with Crippen molar-refractivity contribution in [1.82, 2.24) is 10.2 Å². The lowest BCUT2D eigenvalue weighted by Crippen LogP contribution is -1.89. The molecule has 82 valence electrons. The Morgan fingerprint density at radius 1 is 0.706 bits per heavy atom. The molecule has 0 saturated carbocycles. The molecule has 2 aromatic heterocycles. The van der Waals surface area contributed by atoms with E-state index >= 15 is 0 Å². The van der Waals surface area contributed by atoms with Crippen LogP contribution in [0.15, 0.2) is 65.3 Å². The van der Waals surface area contributed by atoms with Gasteiger partial charge in [0, 0.05) is 5.56 Å². The van der Waals surface area contributed by atoms with E-state index in [0.29, 0.717) is 0 Å². The van der Waals surface area contributed by atoms with Gasteiger partial charge in [-0.25, -0.2) is 0 Å². The summed E-state index contributed by atoms with van der Waals surface area (Å²) >= 11 is 0. The first-order valence-electron chi connectivity index (χ1n) is 5.36. The van der Waals surface area contributed by atoms with E-state index < -0.39 is 0 Å². The van der Waals surface area contributed by atoms with Crippen LogP contribution >= 0.6 is 0 Å². The van der Waals surface area contributed by atoms with Gasteiger partial charge in [0.15, 0.2) is 5.76 Å². The number of hydrogen-bond donors (Lipinski definition) is 0. The van der Waals surface area contributed by atoms with Gasteiger partial charge in [0.25, 0.3) is 0 Å². The van der Waals surface area contributed by atoms with Crippen LogP contribution in [0, 0.1) is 0 Å². The average molecular weight is 222 g/mol. The van der Waals surface area contributed by atoms with E-state index in [1.807, 2.05) is 54.6 Å². The molecule has 0 atom stereocenters. The van der Waals surface area contributed by atoms with Crippen LogP contribution in [0.3, 0.4) is 0 Å². The molecule has 0 radical (unpaired) electrons. The first kappa shape index (κ1) is 9.78. The molecule has 0 aliphatic heterocycles. The smallest absolute Gasteiger partial charge is 0.154 e. The Morgan fingerprint density at radius 2 is 1.47 bits per heavy atom. The molecule has 1 aromatic carbocycles. The zero-order chi connectivity index (χ0) is 11.5. The van der Waals surface area contributed by atoms with E-state index in [9.17, 15) is 0 Å². The fourth-order valence-corrected chi connectivity index (χ4v) is 1.65. The van der Waals surface area contributed by atoms with E-state index in [-0.39, 0.29) is 0 Å². The molecule has 0 aliphatic carbocycles. The van der Waals surface area contributed by atoms with E-state index in [1.54, 1.807) is 6.26 Å². The largest absolute Gasteiger partial charge is 0.463 e. The van der Waals surface area contributed by atoms with Gasteiger partial charge in [0.05, 0.1) is 12.0 Å². The summed E-state index contributed by atoms with van der Waals surface area (Å²) < 4.78 is 5.26. The summed E-state index contributed by atoms with van der Waals surface area (Å²) in [7, 11) is 0. The minimum atomic E-state index is 0.733. The van der Waals surface area contributed by atoms with E-state index in [2.05, 4.69) is 10.2 Å².